The van der Waals surface area contributed by atoms with Crippen molar-refractivity contribution in [1.82, 2.24) is 28.7 Å². The summed E-state index contributed by atoms with van der Waals surface area (Å²) in [4.78, 5) is 55.4. The molecule has 0 atom stereocenters. The van der Waals surface area contributed by atoms with Crippen LogP contribution in [0, 0.1) is 11.6 Å². The summed E-state index contributed by atoms with van der Waals surface area (Å²) in [7, 11) is 1.82. The van der Waals surface area contributed by atoms with Crippen LogP contribution in [0.3, 0.4) is 0 Å². The number of nitrogens with one attached hydrogen (secondary N) is 2. The number of allylic oxidation sites excluding steroid dienone is 1. The quantitative estimate of drug-likeness (QED) is 0.155. The van der Waals surface area contributed by atoms with Crippen LogP contribution in [-0.4, -0.2) is 64.9 Å². The fraction of sp³-hybridized carbons (Fsp3) is 0.116. The minimum absolute atomic E-state index is 0.0276. The van der Waals surface area contributed by atoms with Crippen molar-refractivity contribution in [3.8, 4) is 11.4 Å². The number of imidazole rings is 3. The summed E-state index contributed by atoms with van der Waals surface area (Å²) < 4.78 is 33.6. The summed E-state index contributed by atoms with van der Waals surface area (Å²) in [5.74, 6) is -1.80. The van der Waals surface area contributed by atoms with Gasteiger partial charge in [0.15, 0.2) is 5.78 Å². The van der Waals surface area contributed by atoms with E-state index in [-0.39, 0.29) is 46.9 Å². The number of amides is 2. The molecule has 294 valence electrons. The number of fused-ring (bicyclic) bond motifs is 6. The monoisotopic (exact) mass is 792 g/mol. The van der Waals surface area contributed by atoms with Crippen molar-refractivity contribution in [2.24, 2.45) is 0 Å². The van der Waals surface area contributed by atoms with Gasteiger partial charge in [-0.3, -0.25) is 14.4 Å². The molecule has 10 rings (SSSR count). The molecule has 0 spiro atoms. The number of aryl methyl sites for hydroxylation is 1. The Balaban J connectivity index is 0.000000152. The number of ketones is 1. The van der Waals surface area contributed by atoms with Gasteiger partial charge in [-0.1, -0.05) is 36.4 Å². The van der Waals surface area contributed by atoms with Crippen LogP contribution in [0.25, 0.3) is 28.0 Å². The lowest BCUT2D eigenvalue weighted by Gasteiger charge is -2.29. The maximum absolute atomic E-state index is 14.0. The zero-order valence-corrected chi connectivity index (χ0v) is 31.4. The van der Waals surface area contributed by atoms with Crippen LogP contribution in [-0.2, 0) is 20.9 Å². The molecule has 0 aliphatic carbocycles. The number of benzene rings is 4. The Morgan fingerprint density at radius 2 is 1.31 bits per heavy atom. The van der Waals surface area contributed by atoms with E-state index in [4.69, 9.17) is 0 Å². The lowest BCUT2D eigenvalue weighted by atomic mass is 10.0. The van der Waals surface area contributed by atoms with E-state index < -0.39 is 23.4 Å². The van der Waals surface area contributed by atoms with E-state index in [1.165, 1.54) is 24.3 Å². The third kappa shape index (κ3) is 6.45. The number of halogens is 2. The SMILES string of the molecule is CN1C2=C(C(=O)Nc3ccccc3F)C(=O)CCN2c2cccc(-n3ccnc3)c21.O=C(Nc1ccccc1F)C1=C(O)CCn2c1nc1c(-n3ccnc3)cccc12. The second-order valence-corrected chi connectivity index (χ2v) is 13.8. The van der Waals surface area contributed by atoms with Crippen LogP contribution in [0.5, 0.6) is 0 Å². The van der Waals surface area contributed by atoms with Gasteiger partial charge >= 0.3 is 0 Å². The summed E-state index contributed by atoms with van der Waals surface area (Å²) in [6.45, 7) is 0.955. The number of Topliss-reactive ketones (excluding diaryl/α,β-unsaturated/α-hetero) is 1. The van der Waals surface area contributed by atoms with E-state index in [0.717, 1.165) is 28.3 Å². The first-order valence-electron chi connectivity index (χ1n) is 18.6. The molecule has 4 aromatic carbocycles. The van der Waals surface area contributed by atoms with E-state index in [9.17, 15) is 28.3 Å². The molecule has 6 heterocycles. The molecule has 0 bridgehead atoms. The van der Waals surface area contributed by atoms with Gasteiger partial charge in [0.05, 0.1) is 52.3 Å². The molecule has 59 heavy (non-hydrogen) atoms. The van der Waals surface area contributed by atoms with Crippen LogP contribution in [0.2, 0.25) is 0 Å². The van der Waals surface area contributed by atoms with E-state index in [1.807, 2.05) is 79.3 Å². The molecular formula is C43H34F2N10O4. The zero-order chi connectivity index (χ0) is 40.8. The lowest BCUT2D eigenvalue weighted by Crippen LogP contribution is -2.39. The largest absolute Gasteiger partial charge is 0.511 e. The predicted octanol–water partition coefficient (Wildman–Crippen LogP) is 6.76. The molecule has 2 amide bonds. The first kappa shape index (κ1) is 36.7. The second kappa shape index (κ2) is 14.9. The summed E-state index contributed by atoms with van der Waals surface area (Å²) in [5, 5.41) is 15.6. The van der Waals surface area contributed by atoms with Gasteiger partial charge < -0.3 is 39.2 Å². The molecule has 0 unspecified atom stereocenters. The minimum atomic E-state index is -0.617. The Bertz CT molecular complexity index is 2860. The third-order valence-corrected chi connectivity index (χ3v) is 10.4. The number of anilines is 4. The number of nitrogens with zero attached hydrogens (tertiary/aromatic N) is 8. The summed E-state index contributed by atoms with van der Waals surface area (Å²) in [6.07, 6.45) is 10.9. The van der Waals surface area contributed by atoms with E-state index in [0.29, 0.717) is 30.3 Å². The van der Waals surface area contributed by atoms with Gasteiger partial charge in [0.2, 0.25) is 0 Å². The van der Waals surface area contributed by atoms with E-state index >= 15 is 0 Å². The van der Waals surface area contributed by atoms with Gasteiger partial charge in [0.1, 0.15) is 45.7 Å². The average molecular weight is 793 g/mol. The smallest absolute Gasteiger partial charge is 0.263 e. The van der Waals surface area contributed by atoms with Crippen molar-refractivity contribution in [3.63, 3.8) is 0 Å². The molecule has 3 aliphatic heterocycles. The van der Waals surface area contributed by atoms with Crippen molar-refractivity contribution in [2.45, 2.75) is 19.4 Å². The molecule has 0 radical (unpaired) electrons. The summed E-state index contributed by atoms with van der Waals surface area (Å²) >= 11 is 0. The Morgan fingerprint density at radius 1 is 0.712 bits per heavy atom. The molecular weight excluding hydrogens is 759 g/mol. The number of para-hydroxylation sites is 4. The molecule has 3 aromatic heterocycles. The number of rotatable bonds is 6. The third-order valence-electron chi connectivity index (χ3n) is 10.4. The van der Waals surface area contributed by atoms with Gasteiger partial charge in [-0.05, 0) is 48.5 Å². The molecule has 0 fully saturated rings. The van der Waals surface area contributed by atoms with Crippen molar-refractivity contribution in [2.75, 3.05) is 34.0 Å². The van der Waals surface area contributed by atoms with Crippen molar-refractivity contribution in [3.05, 3.63) is 157 Å². The van der Waals surface area contributed by atoms with Crippen molar-refractivity contribution >= 4 is 57.0 Å². The highest BCUT2D eigenvalue weighted by Crippen LogP contribution is 2.47. The maximum atomic E-state index is 14.0. The average Bonchev–Trinajstić information content (AvgIpc) is 4.07. The number of hydrogen-bond acceptors (Lipinski definition) is 9. The van der Waals surface area contributed by atoms with Crippen LogP contribution in [0.15, 0.2) is 140 Å². The highest BCUT2D eigenvalue weighted by atomic mass is 19.1. The minimum Gasteiger partial charge on any atom is -0.511 e. The number of carbonyl (C=O) groups is 3. The topological polar surface area (TPSA) is 155 Å². The van der Waals surface area contributed by atoms with Crippen LogP contribution >= 0.6 is 0 Å². The van der Waals surface area contributed by atoms with Crippen LogP contribution in [0.1, 0.15) is 18.7 Å². The lowest BCUT2D eigenvalue weighted by molar-refractivity contribution is -0.120. The Labute approximate surface area is 335 Å². The van der Waals surface area contributed by atoms with Gasteiger partial charge in [0.25, 0.3) is 11.8 Å². The van der Waals surface area contributed by atoms with Gasteiger partial charge in [0, 0.05) is 57.8 Å². The normalized spacial score (nSPS) is 14.5. The molecule has 3 aliphatic rings. The van der Waals surface area contributed by atoms with E-state index in [2.05, 4.69) is 25.6 Å². The summed E-state index contributed by atoms with van der Waals surface area (Å²) in [5.41, 5.74) is 5.17. The number of carbonyl (C=O) groups excluding carboxylic acids is 3. The van der Waals surface area contributed by atoms with Crippen molar-refractivity contribution in [1.29, 1.82) is 0 Å². The molecule has 14 nitrogen and oxygen atoms in total. The highest BCUT2D eigenvalue weighted by Gasteiger charge is 2.41. The number of hydrogen-bond donors (Lipinski definition) is 3. The number of aromatic nitrogens is 6. The number of aliphatic hydroxyl groups is 1. The molecule has 0 saturated heterocycles. The van der Waals surface area contributed by atoms with Crippen molar-refractivity contribution < 1.29 is 28.3 Å². The van der Waals surface area contributed by atoms with E-state index in [1.54, 1.807) is 49.3 Å². The predicted molar refractivity (Wildman–Crippen MR) is 217 cm³/mol. The second-order valence-electron chi connectivity index (χ2n) is 13.8. The Morgan fingerprint density at radius 3 is 1.95 bits per heavy atom. The molecule has 3 N–H and O–H groups in total. The van der Waals surface area contributed by atoms with Gasteiger partial charge in [-0.15, -0.1) is 0 Å². The van der Waals surface area contributed by atoms with Gasteiger partial charge in [-0.25, -0.2) is 23.7 Å². The Hall–Kier alpha value is -7.88. The van der Waals surface area contributed by atoms with Crippen LogP contribution in [0.4, 0.5) is 31.5 Å². The summed E-state index contributed by atoms with van der Waals surface area (Å²) in [6, 6.07) is 23.4. The standard InChI is InChI=1S/C22H18FN5O2.C21H16FN5O2/c1-26-20-16(27-12-10-24-13-27)7-4-8-17(20)28-11-9-18(29)19(22(26)28)21(30)25-15-6-3-2-5-14(15)23;22-13-4-1-2-5-14(13)24-21(29)18-17(28)8-10-27-16-7-3-6-15(19(16)25-20(18)27)26-11-9-23-12-26/h2-8,10,12-13H,9,11H2,1H3,(H,25,30);1-7,9,11-12,28H,8,10H2,(H,24,29). The molecule has 16 heteroatoms. The fourth-order valence-electron chi connectivity index (χ4n) is 7.67. The molecule has 0 saturated carbocycles. The van der Waals surface area contributed by atoms with Gasteiger partial charge in [-0.2, -0.15) is 0 Å². The fourth-order valence-corrected chi connectivity index (χ4v) is 7.67. The molecule has 7 aromatic rings. The van der Waals surface area contributed by atoms with Crippen LogP contribution < -0.4 is 20.4 Å². The Kier molecular flexibility index (Phi) is 9.27. The number of aliphatic hydroxyl groups excluding tert-OH is 1. The first-order chi connectivity index (χ1) is 28.7. The first-order valence-corrected chi connectivity index (χ1v) is 18.6. The zero-order valence-electron chi connectivity index (χ0n) is 31.4. The maximum Gasteiger partial charge on any atom is 0.263 e. The highest BCUT2D eigenvalue weighted by molar-refractivity contribution is 6.26.